The average Bonchev–Trinajstić information content (AvgIpc) is 2.97. The van der Waals surface area contributed by atoms with Crippen LogP contribution in [0.1, 0.15) is 34.8 Å². The molecule has 0 saturated carbocycles. The molecule has 0 aromatic heterocycles. The Morgan fingerprint density at radius 3 is 2.70 bits per heavy atom. The number of hydrogen-bond donors (Lipinski definition) is 0. The molecule has 1 saturated heterocycles. The number of nitrogens with zero attached hydrogens (tertiary/aromatic N) is 1. The first-order valence-corrected chi connectivity index (χ1v) is 8.06. The monoisotopic (exact) mass is 309 g/mol. The van der Waals surface area contributed by atoms with E-state index >= 15 is 0 Å². The van der Waals surface area contributed by atoms with Crippen molar-refractivity contribution in [2.45, 2.75) is 25.3 Å². The molecule has 3 nitrogen and oxygen atoms in total. The Bertz CT molecular complexity index is 683. The van der Waals surface area contributed by atoms with Gasteiger partial charge in [-0.05, 0) is 36.2 Å². The first-order valence-electron chi connectivity index (χ1n) is 8.06. The molecule has 0 spiro atoms. The summed E-state index contributed by atoms with van der Waals surface area (Å²) in [5.41, 5.74) is 3.28. The standard InChI is InChI=1S/C20H23NO2/c1-20(18-10-6-9-17(13-18)19(22)23-2)11-12-21(15-20)14-16-7-4-3-5-8-16/h3-10,13H,11-12,14-15H2,1-2H3. The van der Waals surface area contributed by atoms with E-state index in [2.05, 4.69) is 48.2 Å². The second-order valence-corrected chi connectivity index (χ2v) is 6.58. The van der Waals surface area contributed by atoms with Crippen molar-refractivity contribution in [3.63, 3.8) is 0 Å². The van der Waals surface area contributed by atoms with Gasteiger partial charge in [-0.2, -0.15) is 0 Å². The SMILES string of the molecule is COC(=O)c1cccc(C2(C)CCN(Cc3ccccc3)C2)c1. The van der Waals surface area contributed by atoms with Crippen molar-refractivity contribution in [3.8, 4) is 0 Å². The molecule has 120 valence electrons. The number of carbonyl (C=O) groups excluding carboxylic acids is 1. The van der Waals surface area contributed by atoms with Crippen LogP contribution in [0.5, 0.6) is 0 Å². The summed E-state index contributed by atoms with van der Waals surface area (Å²) in [4.78, 5) is 14.2. The molecule has 2 aromatic rings. The van der Waals surface area contributed by atoms with Gasteiger partial charge in [0.25, 0.3) is 0 Å². The van der Waals surface area contributed by atoms with Crippen LogP contribution in [-0.4, -0.2) is 31.1 Å². The van der Waals surface area contributed by atoms with Gasteiger partial charge in [0, 0.05) is 18.5 Å². The van der Waals surface area contributed by atoms with Gasteiger partial charge in [-0.3, -0.25) is 4.90 Å². The number of benzene rings is 2. The molecule has 0 bridgehead atoms. The highest BCUT2D eigenvalue weighted by Crippen LogP contribution is 2.35. The van der Waals surface area contributed by atoms with Gasteiger partial charge in [0.1, 0.15) is 0 Å². The molecule has 1 aliphatic rings. The van der Waals surface area contributed by atoms with Crippen LogP contribution in [-0.2, 0) is 16.7 Å². The van der Waals surface area contributed by atoms with Gasteiger partial charge in [0.2, 0.25) is 0 Å². The van der Waals surface area contributed by atoms with E-state index < -0.39 is 0 Å². The fourth-order valence-corrected chi connectivity index (χ4v) is 3.41. The molecule has 2 aromatic carbocycles. The van der Waals surface area contributed by atoms with Crippen LogP contribution in [0.4, 0.5) is 0 Å². The zero-order chi connectivity index (χ0) is 16.3. The lowest BCUT2D eigenvalue weighted by atomic mass is 9.81. The Labute approximate surface area is 137 Å². The highest BCUT2D eigenvalue weighted by molar-refractivity contribution is 5.89. The molecule has 1 fully saturated rings. The fraction of sp³-hybridized carbons (Fsp3) is 0.350. The molecule has 0 N–H and O–H groups in total. The predicted octanol–water partition coefficient (Wildman–Crippen LogP) is 3.64. The van der Waals surface area contributed by atoms with Crippen LogP contribution in [0.2, 0.25) is 0 Å². The highest BCUT2D eigenvalue weighted by atomic mass is 16.5. The number of esters is 1. The number of likely N-dealkylation sites (tertiary alicyclic amines) is 1. The zero-order valence-corrected chi connectivity index (χ0v) is 13.8. The van der Waals surface area contributed by atoms with Gasteiger partial charge < -0.3 is 4.74 Å². The van der Waals surface area contributed by atoms with Crippen molar-refractivity contribution in [2.75, 3.05) is 20.2 Å². The normalized spacial score (nSPS) is 21.3. The maximum absolute atomic E-state index is 11.8. The largest absolute Gasteiger partial charge is 0.465 e. The second kappa shape index (κ2) is 6.55. The maximum Gasteiger partial charge on any atom is 0.337 e. The molecule has 0 aliphatic carbocycles. The van der Waals surface area contributed by atoms with E-state index in [1.807, 2.05) is 18.2 Å². The van der Waals surface area contributed by atoms with E-state index in [0.717, 1.165) is 26.1 Å². The van der Waals surface area contributed by atoms with Gasteiger partial charge in [-0.1, -0.05) is 49.4 Å². The zero-order valence-electron chi connectivity index (χ0n) is 13.8. The summed E-state index contributed by atoms with van der Waals surface area (Å²) in [6.07, 6.45) is 1.10. The fourth-order valence-electron chi connectivity index (χ4n) is 3.41. The number of hydrogen-bond acceptors (Lipinski definition) is 3. The molecule has 1 aliphatic heterocycles. The molecular formula is C20H23NO2. The lowest BCUT2D eigenvalue weighted by Gasteiger charge is -2.26. The highest BCUT2D eigenvalue weighted by Gasteiger charge is 2.35. The smallest absolute Gasteiger partial charge is 0.337 e. The van der Waals surface area contributed by atoms with E-state index in [0.29, 0.717) is 5.56 Å². The van der Waals surface area contributed by atoms with Crippen molar-refractivity contribution in [1.82, 2.24) is 4.90 Å². The minimum atomic E-state index is -0.269. The van der Waals surface area contributed by atoms with Crippen molar-refractivity contribution < 1.29 is 9.53 Å². The predicted molar refractivity (Wildman–Crippen MR) is 91.5 cm³/mol. The summed E-state index contributed by atoms with van der Waals surface area (Å²) >= 11 is 0. The molecular weight excluding hydrogens is 286 g/mol. The van der Waals surface area contributed by atoms with Crippen LogP contribution >= 0.6 is 0 Å². The summed E-state index contributed by atoms with van der Waals surface area (Å²) in [5.74, 6) is -0.269. The molecule has 1 unspecified atom stereocenters. The molecule has 3 rings (SSSR count). The van der Waals surface area contributed by atoms with E-state index in [-0.39, 0.29) is 11.4 Å². The van der Waals surface area contributed by atoms with Gasteiger partial charge >= 0.3 is 5.97 Å². The number of rotatable bonds is 4. The summed E-state index contributed by atoms with van der Waals surface area (Å²) in [5, 5.41) is 0. The molecule has 1 atom stereocenters. The number of ether oxygens (including phenoxy) is 1. The first-order chi connectivity index (χ1) is 11.1. The van der Waals surface area contributed by atoms with Crippen molar-refractivity contribution >= 4 is 5.97 Å². The molecule has 0 radical (unpaired) electrons. The molecule has 3 heteroatoms. The quantitative estimate of drug-likeness (QED) is 0.808. The third kappa shape index (κ3) is 3.45. The van der Waals surface area contributed by atoms with E-state index in [1.165, 1.54) is 18.2 Å². The Morgan fingerprint density at radius 1 is 1.17 bits per heavy atom. The summed E-state index contributed by atoms with van der Waals surface area (Å²) < 4.78 is 4.84. The van der Waals surface area contributed by atoms with Gasteiger partial charge in [-0.15, -0.1) is 0 Å². The van der Waals surface area contributed by atoms with Crippen molar-refractivity contribution in [2.24, 2.45) is 0 Å². The van der Waals surface area contributed by atoms with Gasteiger partial charge in [0.15, 0.2) is 0 Å². The van der Waals surface area contributed by atoms with E-state index in [4.69, 9.17) is 4.74 Å². The van der Waals surface area contributed by atoms with Crippen LogP contribution in [0.15, 0.2) is 54.6 Å². The Balaban J connectivity index is 1.74. The van der Waals surface area contributed by atoms with Crippen LogP contribution in [0, 0.1) is 0 Å². The van der Waals surface area contributed by atoms with Crippen molar-refractivity contribution in [1.29, 1.82) is 0 Å². The van der Waals surface area contributed by atoms with Crippen LogP contribution in [0.3, 0.4) is 0 Å². The minimum Gasteiger partial charge on any atom is -0.465 e. The number of carbonyl (C=O) groups is 1. The van der Waals surface area contributed by atoms with Crippen molar-refractivity contribution in [3.05, 3.63) is 71.3 Å². The van der Waals surface area contributed by atoms with E-state index in [9.17, 15) is 4.79 Å². The second-order valence-electron chi connectivity index (χ2n) is 6.58. The lowest BCUT2D eigenvalue weighted by molar-refractivity contribution is 0.0600. The third-order valence-electron chi connectivity index (χ3n) is 4.78. The maximum atomic E-state index is 11.8. The van der Waals surface area contributed by atoms with Gasteiger partial charge in [0.05, 0.1) is 12.7 Å². The topological polar surface area (TPSA) is 29.5 Å². The van der Waals surface area contributed by atoms with Crippen LogP contribution < -0.4 is 0 Å². The summed E-state index contributed by atoms with van der Waals surface area (Å²) in [6.45, 7) is 5.35. The number of methoxy groups -OCH3 is 1. The molecule has 23 heavy (non-hydrogen) atoms. The average molecular weight is 309 g/mol. The first kappa shape index (κ1) is 15.8. The Kier molecular flexibility index (Phi) is 4.49. The van der Waals surface area contributed by atoms with Crippen LogP contribution in [0.25, 0.3) is 0 Å². The van der Waals surface area contributed by atoms with E-state index in [1.54, 1.807) is 0 Å². The molecule has 1 heterocycles. The third-order valence-corrected chi connectivity index (χ3v) is 4.78. The molecule has 0 amide bonds. The minimum absolute atomic E-state index is 0.0822. The summed E-state index contributed by atoms with van der Waals surface area (Å²) in [6, 6.07) is 18.4. The van der Waals surface area contributed by atoms with Gasteiger partial charge in [-0.25, -0.2) is 4.79 Å². The Hall–Kier alpha value is -2.13. The summed E-state index contributed by atoms with van der Waals surface area (Å²) in [7, 11) is 1.42. The lowest BCUT2D eigenvalue weighted by Crippen LogP contribution is -2.28. The Morgan fingerprint density at radius 2 is 1.96 bits per heavy atom.